The van der Waals surface area contributed by atoms with E-state index < -0.39 is 12.1 Å². The monoisotopic (exact) mass is 319 g/mol. The minimum atomic E-state index is -0.856. The van der Waals surface area contributed by atoms with Gasteiger partial charge in [-0.25, -0.2) is 4.79 Å². The highest BCUT2D eigenvalue weighted by Crippen LogP contribution is 2.10. The summed E-state index contributed by atoms with van der Waals surface area (Å²) < 4.78 is 5.14. The molecule has 1 atom stereocenters. The maximum Gasteiger partial charge on any atom is 0.331 e. The second-order valence-corrected chi connectivity index (χ2v) is 5.38. The van der Waals surface area contributed by atoms with E-state index in [-0.39, 0.29) is 5.78 Å². The van der Waals surface area contributed by atoms with Crippen LogP contribution in [0.1, 0.15) is 34.0 Å². The number of hydrogen-bond acceptors (Lipinski definition) is 4. The highest BCUT2D eigenvalue weighted by molar-refractivity contribution is 6.01. The molecule has 0 aliphatic heterocycles. The number of carbonyl (C=O) groups is 2. The maximum atomic E-state index is 12.2. The minimum absolute atomic E-state index is 0.241. The van der Waals surface area contributed by atoms with Crippen molar-refractivity contribution in [1.82, 2.24) is 0 Å². The van der Waals surface area contributed by atoms with Crippen LogP contribution in [-0.4, -0.2) is 17.9 Å². The highest BCUT2D eigenvalue weighted by Gasteiger charge is 2.18. The van der Waals surface area contributed by atoms with Crippen LogP contribution in [0.4, 0.5) is 0 Å². The van der Waals surface area contributed by atoms with Gasteiger partial charge in [0.05, 0.1) is 11.6 Å². The second-order valence-electron chi connectivity index (χ2n) is 5.38. The predicted octanol–water partition coefficient (Wildman–Crippen LogP) is 3.69. The molecule has 120 valence electrons. The quantitative estimate of drug-likeness (QED) is 0.479. The first-order valence-corrected chi connectivity index (χ1v) is 7.49. The normalized spacial score (nSPS) is 11.7. The number of carbonyl (C=O) groups excluding carboxylic acids is 2. The Morgan fingerprint density at radius 1 is 1.08 bits per heavy atom. The van der Waals surface area contributed by atoms with Crippen LogP contribution in [0.25, 0.3) is 6.08 Å². The van der Waals surface area contributed by atoms with Crippen molar-refractivity contribution in [2.75, 3.05) is 0 Å². The molecule has 0 spiro atoms. The molecule has 4 heteroatoms. The molecule has 0 heterocycles. The SMILES string of the molecule is Cc1ccc(C(=O)[C@H](C)OC(=O)/C=C/c2ccc(C#N)cc2)cc1. The Kier molecular flexibility index (Phi) is 5.64. The van der Waals surface area contributed by atoms with Gasteiger partial charge in [-0.2, -0.15) is 5.26 Å². The summed E-state index contributed by atoms with van der Waals surface area (Å²) in [5, 5.41) is 8.73. The van der Waals surface area contributed by atoms with E-state index in [1.165, 1.54) is 6.08 Å². The lowest BCUT2D eigenvalue weighted by Gasteiger charge is -2.11. The Morgan fingerprint density at radius 2 is 1.71 bits per heavy atom. The summed E-state index contributed by atoms with van der Waals surface area (Å²) in [6.45, 7) is 3.49. The molecular weight excluding hydrogens is 302 g/mol. The average molecular weight is 319 g/mol. The number of rotatable bonds is 5. The van der Waals surface area contributed by atoms with Gasteiger partial charge in [-0.05, 0) is 37.6 Å². The zero-order valence-corrected chi connectivity index (χ0v) is 13.5. The molecule has 0 unspecified atom stereocenters. The van der Waals surface area contributed by atoms with Gasteiger partial charge in [0, 0.05) is 11.6 Å². The first kappa shape index (κ1) is 17.2. The lowest BCUT2D eigenvalue weighted by atomic mass is 10.1. The first-order chi connectivity index (χ1) is 11.5. The molecule has 4 nitrogen and oxygen atoms in total. The van der Waals surface area contributed by atoms with Crippen LogP contribution < -0.4 is 0 Å². The predicted molar refractivity (Wildman–Crippen MR) is 91.3 cm³/mol. The summed E-state index contributed by atoms with van der Waals surface area (Å²) in [7, 11) is 0. The van der Waals surface area contributed by atoms with Gasteiger partial charge in [-0.1, -0.05) is 42.0 Å². The number of aryl methyl sites for hydroxylation is 1. The average Bonchev–Trinajstić information content (AvgIpc) is 2.60. The molecule has 2 aromatic rings. The summed E-state index contributed by atoms with van der Waals surface area (Å²) in [5.41, 5.74) is 2.88. The molecule has 0 saturated heterocycles. The van der Waals surface area contributed by atoms with E-state index in [2.05, 4.69) is 0 Å². The molecule has 0 radical (unpaired) electrons. The number of hydrogen-bond donors (Lipinski definition) is 0. The van der Waals surface area contributed by atoms with Crippen LogP contribution in [-0.2, 0) is 9.53 Å². The number of nitriles is 1. The van der Waals surface area contributed by atoms with Crippen LogP contribution in [0.15, 0.2) is 54.6 Å². The third-order valence-corrected chi connectivity index (χ3v) is 3.45. The molecular formula is C20H17NO3. The molecule has 0 bridgehead atoms. The Hall–Kier alpha value is -3.19. The Morgan fingerprint density at radius 3 is 2.29 bits per heavy atom. The van der Waals surface area contributed by atoms with E-state index in [1.807, 2.05) is 25.1 Å². The van der Waals surface area contributed by atoms with Crippen molar-refractivity contribution in [3.05, 3.63) is 76.9 Å². The van der Waals surface area contributed by atoms with Crippen LogP contribution in [0.5, 0.6) is 0 Å². The topological polar surface area (TPSA) is 67.2 Å². The number of Topliss-reactive ketones (excluding diaryl/α,β-unsaturated/α-hetero) is 1. The Labute approximate surface area is 141 Å². The fourth-order valence-electron chi connectivity index (χ4n) is 2.05. The van der Waals surface area contributed by atoms with Crippen molar-refractivity contribution in [3.63, 3.8) is 0 Å². The van der Waals surface area contributed by atoms with E-state index >= 15 is 0 Å². The molecule has 0 aliphatic carbocycles. The zero-order valence-electron chi connectivity index (χ0n) is 13.5. The molecule has 0 aliphatic rings. The van der Waals surface area contributed by atoms with Crippen LogP contribution >= 0.6 is 0 Å². The third-order valence-electron chi connectivity index (χ3n) is 3.45. The van der Waals surface area contributed by atoms with Gasteiger partial charge in [-0.3, -0.25) is 4.79 Å². The van der Waals surface area contributed by atoms with Gasteiger partial charge < -0.3 is 4.74 Å². The summed E-state index contributed by atoms with van der Waals surface area (Å²) in [5.74, 6) is -0.831. The number of benzene rings is 2. The Bertz CT molecular complexity index is 796. The fourth-order valence-corrected chi connectivity index (χ4v) is 2.05. The third kappa shape index (κ3) is 4.65. The summed E-state index contributed by atoms with van der Waals surface area (Å²) in [6, 6.07) is 15.9. The van der Waals surface area contributed by atoms with E-state index in [0.29, 0.717) is 11.1 Å². The Balaban J connectivity index is 1.95. The summed E-state index contributed by atoms with van der Waals surface area (Å²) >= 11 is 0. The van der Waals surface area contributed by atoms with Crippen molar-refractivity contribution >= 4 is 17.8 Å². The van der Waals surface area contributed by atoms with Crippen molar-refractivity contribution < 1.29 is 14.3 Å². The first-order valence-electron chi connectivity index (χ1n) is 7.49. The van der Waals surface area contributed by atoms with Gasteiger partial charge in [0.2, 0.25) is 5.78 Å². The maximum absolute atomic E-state index is 12.2. The number of ether oxygens (including phenoxy) is 1. The molecule has 0 aromatic heterocycles. The number of nitrogens with zero attached hydrogens (tertiary/aromatic N) is 1. The van der Waals surface area contributed by atoms with E-state index in [1.54, 1.807) is 49.4 Å². The van der Waals surface area contributed by atoms with E-state index in [0.717, 1.165) is 11.1 Å². The zero-order chi connectivity index (χ0) is 17.5. The molecule has 0 saturated carbocycles. The van der Waals surface area contributed by atoms with Gasteiger partial charge in [0.25, 0.3) is 0 Å². The molecule has 2 aromatic carbocycles. The van der Waals surface area contributed by atoms with Crippen molar-refractivity contribution in [2.24, 2.45) is 0 Å². The standard InChI is InChI=1S/C20H17NO3/c1-14-3-10-18(11-4-14)20(23)15(2)24-19(22)12-9-16-5-7-17(13-21)8-6-16/h3-12,15H,1-2H3/b12-9+/t15-/m0/s1. The molecule has 0 amide bonds. The molecule has 24 heavy (non-hydrogen) atoms. The van der Waals surface area contributed by atoms with Gasteiger partial charge in [-0.15, -0.1) is 0 Å². The van der Waals surface area contributed by atoms with Gasteiger partial charge in [0.15, 0.2) is 6.10 Å². The molecule has 0 fully saturated rings. The van der Waals surface area contributed by atoms with Crippen molar-refractivity contribution in [3.8, 4) is 6.07 Å². The smallest absolute Gasteiger partial charge is 0.331 e. The van der Waals surface area contributed by atoms with Crippen LogP contribution in [0.3, 0.4) is 0 Å². The summed E-state index contributed by atoms with van der Waals surface area (Å²) in [6.07, 6.45) is 1.98. The van der Waals surface area contributed by atoms with Gasteiger partial charge >= 0.3 is 5.97 Å². The number of esters is 1. The van der Waals surface area contributed by atoms with E-state index in [9.17, 15) is 9.59 Å². The highest BCUT2D eigenvalue weighted by atomic mass is 16.5. The largest absolute Gasteiger partial charge is 0.451 e. The number of ketones is 1. The van der Waals surface area contributed by atoms with Crippen molar-refractivity contribution in [1.29, 1.82) is 5.26 Å². The van der Waals surface area contributed by atoms with Crippen LogP contribution in [0.2, 0.25) is 0 Å². The fraction of sp³-hybridized carbons (Fsp3) is 0.150. The lowest BCUT2D eigenvalue weighted by Crippen LogP contribution is -2.23. The van der Waals surface area contributed by atoms with Crippen LogP contribution in [0, 0.1) is 18.3 Å². The minimum Gasteiger partial charge on any atom is -0.451 e. The second kappa shape index (κ2) is 7.89. The molecule has 0 N–H and O–H groups in total. The summed E-state index contributed by atoms with van der Waals surface area (Å²) in [4.78, 5) is 24.0. The van der Waals surface area contributed by atoms with E-state index in [4.69, 9.17) is 10.00 Å². The van der Waals surface area contributed by atoms with Gasteiger partial charge in [0.1, 0.15) is 0 Å². The lowest BCUT2D eigenvalue weighted by molar-refractivity contribution is -0.140. The molecule has 2 rings (SSSR count). The van der Waals surface area contributed by atoms with Crippen molar-refractivity contribution in [2.45, 2.75) is 20.0 Å².